The van der Waals surface area contributed by atoms with E-state index in [1.165, 1.54) is 30.5 Å². The third-order valence-corrected chi connectivity index (χ3v) is 5.16. The summed E-state index contributed by atoms with van der Waals surface area (Å²) < 4.78 is 0. The molecule has 0 bridgehead atoms. The first-order valence-corrected chi connectivity index (χ1v) is 9.02. The van der Waals surface area contributed by atoms with E-state index in [1.807, 2.05) is 24.3 Å². The summed E-state index contributed by atoms with van der Waals surface area (Å²) in [6.07, 6.45) is 4.86. The summed E-state index contributed by atoms with van der Waals surface area (Å²) in [7, 11) is 0. The van der Waals surface area contributed by atoms with Crippen LogP contribution in [0, 0.1) is 0 Å². The molecule has 2 fully saturated rings. The lowest BCUT2D eigenvalue weighted by Gasteiger charge is -2.29. The van der Waals surface area contributed by atoms with E-state index in [1.54, 1.807) is 0 Å². The lowest BCUT2D eigenvalue weighted by atomic mass is 10.1. The van der Waals surface area contributed by atoms with Gasteiger partial charge in [0, 0.05) is 36.3 Å². The van der Waals surface area contributed by atoms with Crippen LogP contribution in [0.15, 0.2) is 54.6 Å². The normalized spacial score (nSPS) is 22.9. The van der Waals surface area contributed by atoms with Crippen molar-refractivity contribution in [2.45, 2.75) is 37.6 Å². The third kappa shape index (κ3) is 3.30. The van der Waals surface area contributed by atoms with Crippen LogP contribution in [0.2, 0.25) is 0 Å². The van der Waals surface area contributed by atoms with Crippen molar-refractivity contribution in [2.24, 2.45) is 0 Å². The Kier molecular flexibility index (Phi) is 4.24. The average Bonchev–Trinajstić information content (AvgIpc) is 3.42. The van der Waals surface area contributed by atoms with Crippen molar-refractivity contribution in [3.63, 3.8) is 0 Å². The number of carbonyl (C=O) groups is 1. The van der Waals surface area contributed by atoms with Gasteiger partial charge in [-0.15, -0.1) is 0 Å². The quantitative estimate of drug-likeness (QED) is 0.925. The molecule has 0 radical (unpaired) electrons. The molecular formula is C21H24N2O. The predicted molar refractivity (Wildman–Crippen MR) is 97.6 cm³/mol. The second-order valence-electron chi connectivity index (χ2n) is 6.93. The van der Waals surface area contributed by atoms with Gasteiger partial charge in [0.15, 0.2) is 0 Å². The van der Waals surface area contributed by atoms with Crippen molar-refractivity contribution in [3.8, 4) is 0 Å². The summed E-state index contributed by atoms with van der Waals surface area (Å²) in [5.74, 6) is 0.526. The van der Waals surface area contributed by atoms with E-state index < -0.39 is 0 Å². The van der Waals surface area contributed by atoms with Gasteiger partial charge < -0.3 is 10.2 Å². The number of hydrogen-bond acceptors (Lipinski definition) is 2. The van der Waals surface area contributed by atoms with Crippen molar-refractivity contribution >= 4 is 11.6 Å². The summed E-state index contributed by atoms with van der Waals surface area (Å²) in [5.41, 5.74) is 3.28. The van der Waals surface area contributed by atoms with Gasteiger partial charge in [-0.3, -0.25) is 4.79 Å². The number of piperidine rings is 1. The highest BCUT2D eigenvalue weighted by molar-refractivity contribution is 5.95. The number of benzene rings is 2. The standard InChI is InChI=1S/C21H24N2O/c24-21(22-20-15-19(20)16-8-3-1-4-9-16)17-10-7-11-18(14-17)23-12-5-2-6-13-23/h1,3-4,7-11,14,19-20H,2,5-6,12-13,15H2,(H,22,24). The molecular weight excluding hydrogens is 296 g/mol. The second-order valence-corrected chi connectivity index (χ2v) is 6.93. The molecule has 1 N–H and O–H groups in total. The van der Waals surface area contributed by atoms with Crippen LogP contribution in [0.5, 0.6) is 0 Å². The van der Waals surface area contributed by atoms with Crippen LogP contribution in [0.3, 0.4) is 0 Å². The van der Waals surface area contributed by atoms with E-state index in [9.17, 15) is 4.79 Å². The maximum atomic E-state index is 12.6. The topological polar surface area (TPSA) is 32.3 Å². The van der Waals surface area contributed by atoms with E-state index in [2.05, 4.69) is 40.5 Å². The maximum absolute atomic E-state index is 12.6. The Morgan fingerprint density at radius 2 is 1.75 bits per heavy atom. The van der Waals surface area contributed by atoms with E-state index in [-0.39, 0.29) is 11.9 Å². The van der Waals surface area contributed by atoms with Crippen LogP contribution in [0.4, 0.5) is 5.69 Å². The van der Waals surface area contributed by atoms with Gasteiger partial charge in [0.25, 0.3) is 5.91 Å². The van der Waals surface area contributed by atoms with Gasteiger partial charge in [0.2, 0.25) is 0 Å². The average molecular weight is 320 g/mol. The minimum absolute atomic E-state index is 0.0530. The third-order valence-electron chi connectivity index (χ3n) is 5.16. The molecule has 4 rings (SSSR count). The fraction of sp³-hybridized carbons (Fsp3) is 0.381. The lowest BCUT2D eigenvalue weighted by molar-refractivity contribution is 0.0950. The SMILES string of the molecule is O=C(NC1CC1c1ccccc1)c1cccc(N2CCCCC2)c1. The Balaban J connectivity index is 1.40. The highest BCUT2D eigenvalue weighted by atomic mass is 16.1. The minimum atomic E-state index is 0.0530. The van der Waals surface area contributed by atoms with Crippen LogP contribution in [-0.4, -0.2) is 25.0 Å². The molecule has 2 aromatic rings. The van der Waals surface area contributed by atoms with Gasteiger partial charge in [-0.25, -0.2) is 0 Å². The monoisotopic (exact) mass is 320 g/mol. The molecule has 3 heteroatoms. The molecule has 2 aliphatic rings. The van der Waals surface area contributed by atoms with Crippen LogP contribution < -0.4 is 10.2 Å². The zero-order valence-electron chi connectivity index (χ0n) is 13.9. The fourth-order valence-electron chi connectivity index (χ4n) is 3.67. The number of amides is 1. The summed E-state index contributed by atoms with van der Waals surface area (Å²) in [6.45, 7) is 2.20. The lowest BCUT2D eigenvalue weighted by Crippen LogP contribution is -2.30. The van der Waals surface area contributed by atoms with E-state index in [4.69, 9.17) is 0 Å². The van der Waals surface area contributed by atoms with Crippen LogP contribution in [-0.2, 0) is 0 Å². The zero-order chi connectivity index (χ0) is 16.4. The summed E-state index contributed by atoms with van der Waals surface area (Å²) in [5, 5.41) is 3.19. The molecule has 2 unspecified atom stereocenters. The molecule has 124 valence electrons. The number of carbonyl (C=O) groups excluding carboxylic acids is 1. The predicted octanol–water partition coefficient (Wildman–Crippen LogP) is 3.96. The Morgan fingerprint density at radius 3 is 2.54 bits per heavy atom. The molecule has 2 aromatic carbocycles. The van der Waals surface area contributed by atoms with E-state index >= 15 is 0 Å². The molecule has 1 saturated heterocycles. The molecule has 0 spiro atoms. The summed E-state index contributed by atoms with van der Waals surface area (Å²) in [6, 6.07) is 18.8. The van der Waals surface area contributed by atoms with Crippen LogP contribution in [0.25, 0.3) is 0 Å². The van der Waals surface area contributed by atoms with Gasteiger partial charge >= 0.3 is 0 Å². The molecule has 1 saturated carbocycles. The largest absolute Gasteiger partial charge is 0.372 e. The number of nitrogens with one attached hydrogen (secondary N) is 1. The van der Waals surface area contributed by atoms with Crippen molar-refractivity contribution in [1.82, 2.24) is 5.32 Å². The summed E-state index contributed by atoms with van der Waals surface area (Å²) >= 11 is 0. The maximum Gasteiger partial charge on any atom is 0.251 e. The Hall–Kier alpha value is -2.29. The molecule has 3 nitrogen and oxygen atoms in total. The number of nitrogens with zero attached hydrogens (tertiary/aromatic N) is 1. The fourth-order valence-corrected chi connectivity index (χ4v) is 3.67. The molecule has 1 aliphatic carbocycles. The molecule has 1 heterocycles. The van der Waals surface area contributed by atoms with Crippen LogP contribution in [0.1, 0.15) is 47.5 Å². The highest BCUT2D eigenvalue weighted by Crippen LogP contribution is 2.40. The van der Waals surface area contributed by atoms with Gasteiger partial charge in [0.05, 0.1) is 0 Å². The van der Waals surface area contributed by atoms with Crippen molar-refractivity contribution in [2.75, 3.05) is 18.0 Å². The zero-order valence-corrected chi connectivity index (χ0v) is 13.9. The molecule has 0 aromatic heterocycles. The highest BCUT2D eigenvalue weighted by Gasteiger charge is 2.39. The van der Waals surface area contributed by atoms with Gasteiger partial charge in [-0.1, -0.05) is 36.4 Å². The molecule has 1 aliphatic heterocycles. The van der Waals surface area contributed by atoms with Crippen LogP contribution >= 0.6 is 0 Å². The first-order valence-electron chi connectivity index (χ1n) is 9.02. The first kappa shape index (κ1) is 15.3. The van der Waals surface area contributed by atoms with Crippen molar-refractivity contribution in [3.05, 3.63) is 65.7 Å². The summed E-state index contributed by atoms with van der Waals surface area (Å²) in [4.78, 5) is 15.0. The Bertz CT molecular complexity index is 707. The van der Waals surface area contributed by atoms with E-state index in [0.29, 0.717) is 5.92 Å². The smallest absolute Gasteiger partial charge is 0.251 e. The Morgan fingerprint density at radius 1 is 0.958 bits per heavy atom. The first-order chi connectivity index (χ1) is 11.8. The van der Waals surface area contributed by atoms with E-state index in [0.717, 1.165) is 25.1 Å². The van der Waals surface area contributed by atoms with Gasteiger partial charge in [0.1, 0.15) is 0 Å². The second kappa shape index (κ2) is 6.68. The Labute approximate surface area is 143 Å². The number of rotatable bonds is 4. The molecule has 1 amide bonds. The van der Waals surface area contributed by atoms with Gasteiger partial charge in [-0.2, -0.15) is 0 Å². The molecule has 2 atom stereocenters. The van der Waals surface area contributed by atoms with Crippen molar-refractivity contribution < 1.29 is 4.79 Å². The number of hydrogen-bond donors (Lipinski definition) is 1. The number of anilines is 1. The molecule has 24 heavy (non-hydrogen) atoms. The van der Waals surface area contributed by atoms with Crippen molar-refractivity contribution in [1.29, 1.82) is 0 Å². The minimum Gasteiger partial charge on any atom is -0.372 e. The van der Waals surface area contributed by atoms with Gasteiger partial charge in [-0.05, 0) is 49.4 Å².